The van der Waals surface area contributed by atoms with Crippen LogP contribution in [0.1, 0.15) is 47.3 Å². The number of nitrogens with zero attached hydrogens (tertiary/aromatic N) is 3. The number of allylic oxidation sites excluding steroid dienone is 1. The Morgan fingerprint density at radius 1 is 1.09 bits per heavy atom. The molecule has 2 aliphatic rings. The second-order valence-corrected chi connectivity index (χ2v) is 9.04. The maximum atomic E-state index is 5.20. The molecular formula is C27H30N4O. The predicted molar refractivity (Wildman–Crippen MR) is 130 cm³/mol. The minimum atomic E-state index is -0.265. The number of H-pyrrole nitrogens is 1. The summed E-state index contributed by atoms with van der Waals surface area (Å²) in [5.74, 6) is 0.438. The van der Waals surface area contributed by atoms with Gasteiger partial charge in [0.15, 0.2) is 0 Å². The first-order valence-corrected chi connectivity index (χ1v) is 11.3. The van der Waals surface area contributed by atoms with E-state index in [1.807, 2.05) is 0 Å². The molecule has 5 rings (SSSR count). The SMILES string of the molecule is CON=C(c1n[nH]c2c1C=CC(c1ccccc1)(c1cccc(N(C)C)c1)C2)C1CCC1. The highest BCUT2D eigenvalue weighted by molar-refractivity contribution is 6.04. The molecule has 1 N–H and O–H groups in total. The lowest BCUT2D eigenvalue weighted by molar-refractivity contribution is 0.208. The fourth-order valence-corrected chi connectivity index (χ4v) is 4.91. The topological polar surface area (TPSA) is 53.5 Å². The highest BCUT2D eigenvalue weighted by Gasteiger charge is 2.38. The van der Waals surface area contributed by atoms with Gasteiger partial charge in [0.1, 0.15) is 18.5 Å². The molecule has 0 bridgehead atoms. The van der Waals surface area contributed by atoms with Crippen molar-refractivity contribution in [2.45, 2.75) is 31.1 Å². The van der Waals surface area contributed by atoms with Gasteiger partial charge in [0.25, 0.3) is 0 Å². The Hall–Kier alpha value is -3.34. The maximum absolute atomic E-state index is 5.20. The van der Waals surface area contributed by atoms with Gasteiger partial charge < -0.3 is 9.74 Å². The summed E-state index contributed by atoms with van der Waals surface area (Å²) in [4.78, 5) is 7.35. The molecule has 1 aromatic heterocycles. The summed E-state index contributed by atoms with van der Waals surface area (Å²) in [6, 6.07) is 19.6. The van der Waals surface area contributed by atoms with E-state index in [0.29, 0.717) is 5.92 Å². The largest absolute Gasteiger partial charge is 0.399 e. The molecule has 2 aromatic carbocycles. The van der Waals surface area contributed by atoms with Gasteiger partial charge in [-0.3, -0.25) is 5.10 Å². The number of oxime groups is 1. The lowest BCUT2D eigenvalue weighted by Gasteiger charge is -2.35. The summed E-state index contributed by atoms with van der Waals surface area (Å²) in [6.45, 7) is 0. The summed E-state index contributed by atoms with van der Waals surface area (Å²) >= 11 is 0. The van der Waals surface area contributed by atoms with E-state index in [-0.39, 0.29) is 5.41 Å². The molecule has 3 aromatic rings. The van der Waals surface area contributed by atoms with Crippen molar-refractivity contribution in [2.75, 3.05) is 26.1 Å². The second kappa shape index (κ2) is 8.30. The molecule has 1 unspecified atom stereocenters. The van der Waals surface area contributed by atoms with E-state index in [4.69, 9.17) is 9.94 Å². The van der Waals surface area contributed by atoms with Gasteiger partial charge in [0, 0.05) is 48.8 Å². The molecule has 0 spiro atoms. The Balaban J connectivity index is 1.62. The van der Waals surface area contributed by atoms with E-state index in [1.54, 1.807) is 7.11 Å². The van der Waals surface area contributed by atoms with E-state index in [2.05, 4.69) is 96.0 Å². The Bertz CT molecular complexity index is 1160. The Morgan fingerprint density at radius 2 is 1.88 bits per heavy atom. The summed E-state index contributed by atoms with van der Waals surface area (Å²) in [5.41, 5.74) is 7.68. The average molecular weight is 427 g/mol. The molecule has 2 aliphatic carbocycles. The molecule has 0 saturated heterocycles. The maximum Gasteiger partial charge on any atom is 0.117 e. The number of hydrogen-bond acceptors (Lipinski definition) is 4. The van der Waals surface area contributed by atoms with Crippen molar-refractivity contribution < 1.29 is 4.84 Å². The van der Waals surface area contributed by atoms with Crippen molar-refractivity contribution in [3.63, 3.8) is 0 Å². The van der Waals surface area contributed by atoms with E-state index >= 15 is 0 Å². The smallest absolute Gasteiger partial charge is 0.117 e. The molecule has 1 heterocycles. The third-order valence-corrected chi connectivity index (χ3v) is 6.96. The van der Waals surface area contributed by atoms with Crippen LogP contribution in [-0.2, 0) is 16.7 Å². The van der Waals surface area contributed by atoms with E-state index < -0.39 is 0 Å². The molecule has 32 heavy (non-hydrogen) atoms. The van der Waals surface area contributed by atoms with Crippen molar-refractivity contribution in [3.8, 4) is 0 Å². The standard InChI is InChI=1S/C27H30N4O/c1-31(2)22-14-8-13-21(17-22)27(20-11-5-4-6-12-20)16-15-23-24(18-27)28-29-26(23)25(30-32-3)19-9-7-10-19/h4-6,8,11-17,19H,7,9-10,18H2,1-3H3,(H,28,29). The first kappa shape index (κ1) is 20.6. The molecule has 0 aliphatic heterocycles. The Morgan fingerprint density at radius 3 is 2.56 bits per heavy atom. The monoisotopic (exact) mass is 426 g/mol. The molecule has 1 fully saturated rings. The van der Waals surface area contributed by atoms with Crippen LogP contribution in [0.4, 0.5) is 5.69 Å². The van der Waals surface area contributed by atoms with Crippen molar-refractivity contribution in [3.05, 3.63) is 88.8 Å². The predicted octanol–water partition coefficient (Wildman–Crippen LogP) is 5.18. The summed E-state index contributed by atoms with van der Waals surface area (Å²) in [7, 11) is 5.79. The second-order valence-electron chi connectivity index (χ2n) is 9.04. The first-order valence-electron chi connectivity index (χ1n) is 11.3. The van der Waals surface area contributed by atoms with Crippen LogP contribution in [-0.4, -0.2) is 37.1 Å². The summed E-state index contributed by atoms with van der Waals surface area (Å²) < 4.78 is 0. The first-order chi connectivity index (χ1) is 15.6. The molecule has 1 atom stereocenters. The van der Waals surface area contributed by atoms with Crippen molar-refractivity contribution in [2.24, 2.45) is 11.1 Å². The molecule has 0 radical (unpaired) electrons. The van der Waals surface area contributed by atoms with Gasteiger partial charge in [-0.25, -0.2) is 0 Å². The van der Waals surface area contributed by atoms with Gasteiger partial charge in [-0.1, -0.05) is 66.2 Å². The van der Waals surface area contributed by atoms with Gasteiger partial charge in [0.2, 0.25) is 0 Å². The van der Waals surface area contributed by atoms with Crippen molar-refractivity contribution in [1.82, 2.24) is 10.2 Å². The van der Waals surface area contributed by atoms with Crippen molar-refractivity contribution in [1.29, 1.82) is 0 Å². The van der Waals surface area contributed by atoms with Gasteiger partial charge in [0.05, 0.1) is 0 Å². The fourth-order valence-electron chi connectivity index (χ4n) is 4.91. The minimum absolute atomic E-state index is 0.265. The van der Waals surface area contributed by atoms with Gasteiger partial charge >= 0.3 is 0 Å². The molecule has 5 nitrogen and oxygen atoms in total. The number of hydrogen-bond donors (Lipinski definition) is 1. The summed E-state index contributed by atoms with van der Waals surface area (Å²) in [5, 5.41) is 12.5. The van der Waals surface area contributed by atoms with Crippen LogP contribution in [0.25, 0.3) is 6.08 Å². The number of aromatic nitrogens is 2. The molecule has 164 valence electrons. The number of aromatic amines is 1. The van der Waals surface area contributed by atoms with Crippen LogP contribution in [0.5, 0.6) is 0 Å². The third-order valence-electron chi connectivity index (χ3n) is 6.96. The molecular weight excluding hydrogens is 396 g/mol. The number of fused-ring (bicyclic) bond motifs is 1. The molecule has 0 amide bonds. The molecule has 5 heteroatoms. The lowest BCUT2D eigenvalue weighted by atomic mass is 9.68. The third kappa shape index (κ3) is 3.42. The van der Waals surface area contributed by atoms with Gasteiger partial charge in [-0.15, -0.1) is 0 Å². The number of rotatable bonds is 6. The normalized spacial score (nSPS) is 20.5. The average Bonchev–Trinajstić information content (AvgIpc) is 3.21. The zero-order valence-electron chi connectivity index (χ0n) is 19.0. The van der Waals surface area contributed by atoms with Crippen LogP contribution in [0, 0.1) is 5.92 Å². The molecule has 1 saturated carbocycles. The quantitative estimate of drug-likeness (QED) is 0.436. The van der Waals surface area contributed by atoms with E-state index in [1.165, 1.54) is 23.2 Å². The zero-order chi connectivity index (χ0) is 22.1. The number of benzene rings is 2. The van der Waals surface area contributed by atoms with Gasteiger partial charge in [-0.05, 0) is 36.1 Å². The van der Waals surface area contributed by atoms with Gasteiger partial charge in [-0.2, -0.15) is 5.10 Å². The Kier molecular flexibility index (Phi) is 5.33. The van der Waals surface area contributed by atoms with Crippen LogP contribution in [0.3, 0.4) is 0 Å². The highest BCUT2D eigenvalue weighted by atomic mass is 16.6. The van der Waals surface area contributed by atoms with E-state index in [0.717, 1.165) is 41.9 Å². The number of anilines is 1. The Labute approximate surface area is 189 Å². The zero-order valence-corrected chi connectivity index (χ0v) is 19.0. The van der Waals surface area contributed by atoms with Crippen LogP contribution >= 0.6 is 0 Å². The van der Waals surface area contributed by atoms with Crippen LogP contribution in [0.2, 0.25) is 0 Å². The fraction of sp³-hybridized carbons (Fsp3) is 0.333. The summed E-state index contributed by atoms with van der Waals surface area (Å²) in [6.07, 6.45) is 8.95. The van der Waals surface area contributed by atoms with Crippen LogP contribution < -0.4 is 4.90 Å². The van der Waals surface area contributed by atoms with Crippen molar-refractivity contribution >= 4 is 17.5 Å². The minimum Gasteiger partial charge on any atom is -0.399 e. The van der Waals surface area contributed by atoms with E-state index in [9.17, 15) is 0 Å². The number of nitrogens with one attached hydrogen (secondary N) is 1. The van der Waals surface area contributed by atoms with Crippen LogP contribution in [0.15, 0.2) is 65.8 Å². The lowest BCUT2D eigenvalue weighted by Crippen LogP contribution is -2.31. The highest BCUT2D eigenvalue weighted by Crippen LogP contribution is 2.43.